The molecular formula is C20H25N5O5. The Labute approximate surface area is 173 Å². The summed E-state index contributed by atoms with van der Waals surface area (Å²) in [7, 11) is 0. The molecule has 1 saturated carbocycles. The maximum atomic E-state index is 12.9. The summed E-state index contributed by atoms with van der Waals surface area (Å²) in [6.45, 7) is 1.28. The molecule has 2 atom stereocenters. The van der Waals surface area contributed by atoms with Gasteiger partial charge < -0.3 is 21.7 Å². The monoisotopic (exact) mass is 415 g/mol. The molecule has 0 aromatic heterocycles. The zero-order valence-electron chi connectivity index (χ0n) is 16.7. The van der Waals surface area contributed by atoms with Crippen molar-refractivity contribution < 1.29 is 24.0 Å². The number of amides is 6. The van der Waals surface area contributed by atoms with Gasteiger partial charge in [-0.2, -0.15) is 0 Å². The SMILES string of the molecule is CC1CCCCC12NC(=O)N(CC(=O)Nc1ccc(C(=O)NCC(N)=O)cc1)C2=O. The summed E-state index contributed by atoms with van der Waals surface area (Å²) in [5.74, 6) is -1.99. The fourth-order valence-corrected chi connectivity index (χ4v) is 3.96. The van der Waals surface area contributed by atoms with Gasteiger partial charge >= 0.3 is 6.03 Å². The second kappa shape index (κ2) is 8.52. The van der Waals surface area contributed by atoms with Gasteiger partial charge in [-0.1, -0.05) is 19.8 Å². The van der Waals surface area contributed by atoms with Gasteiger partial charge in [0.2, 0.25) is 11.8 Å². The van der Waals surface area contributed by atoms with Crippen LogP contribution in [0.3, 0.4) is 0 Å². The number of anilines is 1. The Bertz CT molecular complexity index is 884. The van der Waals surface area contributed by atoms with Crippen LogP contribution in [0.25, 0.3) is 0 Å². The minimum atomic E-state index is -0.907. The maximum Gasteiger partial charge on any atom is 0.325 e. The van der Waals surface area contributed by atoms with E-state index in [0.29, 0.717) is 12.1 Å². The number of imide groups is 1. The lowest BCUT2D eigenvalue weighted by Gasteiger charge is -2.36. The zero-order valence-corrected chi connectivity index (χ0v) is 16.7. The van der Waals surface area contributed by atoms with E-state index in [2.05, 4.69) is 16.0 Å². The van der Waals surface area contributed by atoms with Crippen LogP contribution in [0.2, 0.25) is 0 Å². The molecule has 0 bridgehead atoms. The molecule has 1 spiro atoms. The van der Waals surface area contributed by atoms with Crippen molar-refractivity contribution in [3.63, 3.8) is 0 Å². The van der Waals surface area contributed by atoms with E-state index in [9.17, 15) is 24.0 Å². The maximum absolute atomic E-state index is 12.9. The van der Waals surface area contributed by atoms with Crippen molar-refractivity contribution in [1.29, 1.82) is 0 Å². The molecule has 1 saturated heterocycles. The number of carbonyl (C=O) groups is 5. The lowest BCUT2D eigenvalue weighted by molar-refractivity contribution is -0.136. The number of primary amides is 1. The van der Waals surface area contributed by atoms with Crippen LogP contribution in [-0.2, 0) is 14.4 Å². The summed E-state index contributed by atoms with van der Waals surface area (Å²) in [6.07, 6.45) is 3.31. The average molecular weight is 415 g/mol. The van der Waals surface area contributed by atoms with Crippen molar-refractivity contribution in [2.75, 3.05) is 18.4 Å². The lowest BCUT2D eigenvalue weighted by atomic mass is 9.73. The Morgan fingerprint density at radius 2 is 1.90 bits per heavy atom. The highest BCUT2D eigenvalue weighted by Crippen LogP contribution is 2.38. The topological polar surface area (TPSA) is 151 Å². The van der Waals surface area contributed by atoms with Crippen molar-refractivity contribution in [3.8, 4) is 0 Å². The summed E-state index contributed by atoms with van der Waals surface area (Å²) in [5.41, 5.74) is 4.76. The highest BCUT2D eigenvalue weighted by molar-refractivity contribution is 6.10. The number of urea groups is 1. The molecule has 0 radical (unpaired) electrons. The summed E-state index contributed by atoms with van der Waals surface area (Å²) in [4.78, 5) is 61.2. The highest BCUT2D eigenvalue weighted by atomic mass is 16.2. The molecule has 6 amide bonds. The van der Waals surface area contributed by atoms with Crippen molar-refractivity contribution in [2.24, 2.45) is 11.7 Å². The number of rotatable bonds is 6. The third kappa shape index (κ3) is 4.27. The van der Waals surface area contributed by atoms with Gasteiger partial charge in [0.25, 0.3) is 11.8 Å². The molecule has 3 rings (SSSR count). The summed E-state index contributed by atoms with van der Waals surface area (Å²) >= 11 is 0. The van der Waals surface area contributed by atoms with Crippen LogP contribution < -0.4 is 21.7 Å². The molecule has 1 aromatic rings. The second-order valence-corrected chi connectivity index (χ2v) is 7.71. The zero-order chi connectivity index (χ0) is 21.9. The fourth-order valence-electron chi connectivity index (χ4n) is 3.96. The molecule has 10 heteroatoms. The predicted octanol–water partition coefficient (Wildman–Crippen LogP) is 0.341. The van der Waals surface area contributed by atoms with E-state index in [-0.39, 0.29) is 30.5 Å². The van der Waals surface area contributed by atoms with Crippen LogP contribution in [0, 0.1) is 5.92 Å². The first-order valence-corrected chi connectivity index (χ1v) is 9.83. The van der Waals surface area contributed by atoms with E-state index >= 15 is 0 Å². The van der Waals surface area contributed by atoms with E-state index < -0.39 is 29.3 Å². The predicted molar refractivity (Wildman–Crippen MR) is 107 cm³/mol. The van der Waals surface area contributed by atoms with E-state index in [1.165, 1.54) is 24.3 Å². The summed E-state index contributed by atoms with van der Waals surface area (Å²) in [5, 5.41) is 7.78. The number of benzene rings is 1. The Balaban J connectivity index is 1.59. The van der Waals surface area contributed by atoms with E-state index in [1.54, 1.807) is 0 Å². The van der Waals surface area contributed by atoms with Gasteiger partial charge in [0.1, 0.15) is 12.1 Å². The van der Waals surface area contributed by atoms with Crippen molar-refractivity contribution in [2.45, 2.75) is 38.1 Å². The third-order valence-corrected chi connectivity index (χ3v) is 5.66. The Hall–Kier alpha value is -3.43. The molecule has 1 aliphatic carbocycles. The Morgan fingerprint density at radius 1 is 1.20 bits per heavy atom. The molecule has 1 aliphatic heterocycles. The van der Waals surface area contributed by atoms with Gasteiger partial charge in [-0.3, -0.25) is 24.1 Å². The Morgan fingerprint density at radius 3 is 2.53 bits per heavy atom. The number of nitrogens with zero attached hydrogens (tertiary/aromatic N) is 1. The molecule has 160 valence electrons. The number of hydrogen-bond acceptors (Lipinski definition) is 5. The van der Waals surface area contributed by atoms with Gasteiger partial charge in [0, 0.05) is 11.3 Å². The molecule has 2 fully saturated rings. The van der Waals surface area contributed by atoms with Gasteiger partial charge in [-0.05, 0) is 43.0 Å². The molecule has 2 unspecified atom stereocenters. The van der Waals surface area contributed by atoms with Crippen LogP contribution >= 0.6 is 0 Å². The van der Waals surface area contributed by atoms with Crippen LogP contribution in [0.4, 0.5) is 10.5 Å². The highest BCUT2D eigenvalue weighted by Gasteiger charge is 2.55. The molecule has 1 aromatic carbocycles. The normalized spacial score (nSPS) is 23.2. The lowest BCUT2D eigenvalue weighted by Crippen LogP contribution is -2.54. The van der Waals surface area contributed by atoms with E-state index in [1.807, 2.05) is 6.92 Å². The first kappa shape index (κ1) is 21.3. The van der Waals surface area contributed by atoms with Crippen molar-refractivity contribution >= 4 is 35.3 Å². The largest absolute Gasteiger partial charge is 0.368 e. The molecule has 5 N–H and O–H groups in total. The molecule has 2 aliphatic rings. The fraction of sp³-hybridized carbons (Fsp3) is 0.450. The van der Waals surface area contributed by atoms with E-state index in [4.69, 9.17) is 5.73 Å². The van der Waals surface area contributed by atoms with Crippen LogP contribution in [0.5, 0.6) is 0 Å². The minimum absolute atomic E-state index is 0.0176. The number of hydrogen-bond donors (Lipinski definition) is 4. The number of nitrogens with two attached hydrogens (primary N) is 1. The van der Waals surface area contributed by atoms with E-state index in [0.717, 1.165) is 24.2 Å². The standard InChI is InChI=1S/C20H25N5O5/c1-12-4-2-3-9-20(12)18(29)25(19(30)24-20)11-16(27)23-14-7-5-13(6-8-14)17(28)22-10-15(21)26/h5-8,12H,2-4,9-11H2,1H3,(H2,21,26)(H,22,28)(H,23,27)(H,24,30). The van der Waals surface area contributed by atoms with Crippen LogP contribution in [0.1, 0.15) is 43.0 Å². The molecule has 30 heavy (non-hydrogen) atoms. The first-order valence-electron chi connectivity index (χ1n) is 9.83. The van der Waals surface area contributed by atoms with Crippen molar-refractivity contribution in [3.05, 3.63) is 29.8 Å². The first-order chi connectivity index (χ1) is 14.2. The van der Waals surface area contributed by atoms with Crippen molar-refractivity contribution in [1.82, 2.24) is 15.5 Å². The molecule has 1 heterocycles. The number of carbonyl (C=O) groups excluding carboxylic acids is 5. The second-order valence-electron chi connectivity index (χ2n) is 7.71. The Kier molecular flexibility index (Phi) is 6.04. The molecular weight excluding hydrogens is 390 g/mol. The molecule has 10 nitrogen and oxygen atoms in total. The van der Waals surface area contributed by atoms with Gasteiger partial charge in [0.05, 0.1) is 6.54 Å². The quantitative estimate of drug-likeness (QED) is 0.494. The van der Waals surface area contributed by atoms with Crippen LogP contribution in [-0.4, -0.2) is 53.2 Å². The van der Waals surface area contributed by atoms with Gasteiger partial charge in [0.15, 0.2) is 0 Å². The number of nitrogens with one attached hydrogen (secondary N) is 3. The summed E-state index contributed by atoms with van der Waals surface area (Å²) in [6, 6.07) is 5.41. The van der Waals surface area contributed by atoms with Gasteiger partial charge in [-0.15, -0.1) is 0 Å². The third-order valence-electron chi connectivity index (χ3n) is 5.66. The van der Waals surface area contributed by atoms with Gasteiger partial charge in [-0.25, -0.2) is 4.79 Å². The van der Waals surface area contributed by atoms with Crippen LogP contribution in [0.15, 0.2) is 24.3 Å². The average Bonchev–Trinajstić information content (AvgIpc) is 2.94. The smallest absolute Gasteiger partial charge is 0.325 e. The minimum Gasteiger partial charge on any atom is -0.368 e. The summed E-state index contributed by atoms with van der Waals surface area (Å²) < 4.78 is 0.